The fourth-order valence-electron chi connectivity index (χ4n) is 5.27. The van der Waals surface area contributed by atoms with Crippen LogP contribution in [-0.2, 0) is 20.0 Å². The summed E-state index contributed by atoms with van der Waals surface area (Å²) in [5.74, 6) is -0.442. The van der Waals surface area contributed by atoms with Crippen molar-refractivity contribution in [2.45, 2.75) is 10.1 Å². The zero-order valence-corrected chi connectivity index (χ0v) is 25.5. The van der Waals surface area contributed by atoms with Crippen molar-refractivity contribution < 1.29 is 16.8 Å². The largest absolute Gasteiger partial charge is 0.278 e. The number of nitrogens with zero attached hydrogens (tertiary/aromatic N) is 11. The van der Waals surface area contributed by atoms with Gasteiger partial charge in [-0.2, -0.15) is 15.4 Å². The number of primary sulfonamides is 2. The highest BCUT2D eigenvalue weighted by molar-refractivity contribution is 7.89. The molecule has 8 aromatic rings. The summed E-state index contributed by atoms with van der Waals surface area (Å²) in [7, 11) is -8.94. The van der Waals surface area contributed by atoms with E-state index in [1.54, 1.807) is 54.9 Å². The van der Waals surface area contributed by atoms with Gasteiger partial charge in [-0.05, 0) is 63.0 Å². The first kappa shape index (κ1) is 29.1. The number of nitrogens with one attached hydrogen (secondary N) is 3. The SMILES string of the molecule is NS(=O)(=O)c1nccc(-c2ccc3cn[nH]c3c2)c1-c1nnn(-c2cc(-c3ccc4[nH]ncc4c3)c(-c3nn[nH]n3)c(S(N)(=O)=O)n2)n1. The van der Waals surface area contributed by atoms with E-state index in [-0.39, 0.29) is 34.2 Å². The molecule has 48 heavy (non-hydrogen) atoms. The molecule has 0 fully saturated rings. The van der Waals surface area contributed by atoms with Crippen molar-refractivity contribution in [3.8, 4) is 50.8 Å². The van der Waals surface area contributed by atoms with Gasteiger partial charge in [0.2, 0.25) is 11.6 Å². The monoisotopic (exact) mass is 682 g/mol. The molecule has 0 saturated carbocycles. The molecule has 238 valence electrons. The van der Waals surface area contributed by atoms with Crippen LogP contribution in [0.15, 0.2) is 77.2 Å². The van der Waals surface area contributed by atoms with E-state index >= 15 is 0 Å². The van der Waals surface area contributed by atoms with Crippen molar-refractivity contribution in [2.24, 2.45) is 10.3 Å². The lowest BCUT2D eigenvalue weighted by Gasteiger charge is -2.13. The van der Waals surface area contributed by atoms with Crippen LogP contribution in [0.25, 0.3) is 72.7 Å². The average molecular weight is 683 g/mol. The van der Waals surface area contributed by atoms with Crippen LogP contribution < -0.4 is 10.3 Å². The Hall–Kier alpha value is -6.36. The molecular weight excluding hydrogens is 665 g/mol. The number of aromatic amines is 3. The topological polar surface area (TPSA) is 302 Å². The molecule has 22 heteroatoms. The fraction of sp³-hybridized carbons (Fsp3) is 0. The third kappa shape index (κ3) is 4.92. The third-order valence-corrected chi connectivity index (χ3v) is 9.03. The van der Waals surface area contributed by atoms with E-state index in [4.69, 9.17) is 10.3 Å². The van der Waals surface area contributed by atoms with E-state index in [0.717, 1.165) is 21.1 Å². The van der Waals surface area contributed by atoms with Gasteiger partial charge in [0, 0.05) is 17.0 Å². The van der Waals surface area contributed by atoms with Crippen LogP contribution in [0.1, 0.15) is 0 Å². The van der Waals surface area contributed by atoms with Gasteiger partial charge >= 0.3 is 0 Å². The molecule has 8 rings (SSSR count). The maximum atomic E-state index is 13.0. The van der Waals surface area contributed by atoms with Crippen molar-refractivity contribution >= 4 is 41.9 Å². The molecule has 0 aliphatic heterocycles. The molecule has 0 aliphatic carbocycles. The van der Waals surface area contributed by atoms with Crippen LogP contribution in [0.4, 0.5) is 0 Å². The number of benzene rings is 2. The van der Waals surface area contributed by atoms with Crippen molar-refractivity contribution in [3.63, 3.8) is 0 Å². The molecule has 2 aromatic carbocycles. The van der Waals surface area contributed by atoms with Crippen LogP contribution in [0.3, 0.4) is 0 Å². The summed E-state index contributed by atoms with van der Waals surface area (Å²) in [6.07, 6.45) is 4.53. The highest BCUT2D eigenvalue weighted by Gasteiger charge is 2.29. The second-order valence-corrected chi connectivity index (χ2v) is 13.3. The Balaban J connectivity index is 1.35. The van der Waals surface area contributed by atoms with Gasteiger partial charge in [0.1, 0.15) is 0 Å². The predicted molar refractivity (Wildman–Crippen MR) is 166 cm³/mol. The summed E-state index contributed by atoms with van der Waals surface area (Å²) in [6.45, 7) is 0. The lowest BCUT2D eigenvalue weighted by atomic mass is 9.99. The zero-order valence-electron chi connectivity index (χ0n) is 23.9. The molecule has 0 saturated heterocycles. The van der Waals surface area contributed by atoms with Crippen LogP contribution in [0, 0.1) is 0 Å². The number of rotatable bonds is 7. The fourth-order valence-corrected chi connectivity index (χ4v) is 6.67. The van der Waals surface area contributed by atoms with Gasteiger partial charge in [-0.15, -0.1) is 25.2 Å². The minimum absolute atomic E-state index is 0.0431. The minimum Gasteiger partial charge on any atom is -0.278 e. The Morgan fingerprint density at radius 3 is 2.21 bits per heavy atom. The highest BCUT2D eigenvalue weighted by atomic mass is 32.2. The lowest BCUT2D eigenvalue weighted by Crippen LogP contribution is -2.18. The molecule has 0 radical (unpaired) electrons. The van der Waals surface area contributed by atoms with Crippen LogP contribution in [-0.4, -0.2) is 88.0 Å². The maximum Gasteiger partial charge on any atom is 0.256 e. The molecule has 0 amide bonds. The van der Waals surface area contributed by atoms with Gasteiger partial charge in [-0.25, -0.2) is 37.1 Å². The number of nitrogens with two attached hydrogens (primary N) is 2. The summed E-state index contributed by atoms with van der Waals surface area (Å²) < 4.78 is 51.5. The first-order valence-corrected chi connectivity index (χ1v) is 16.6. The normalized spacial score (nSPS) is 12.3. The molecule has 0 bridgehead atoms. The number of hydrogen-bond acceptors (Lipinski definition) is 14. The Labute approximate surface area is 267 Å². The van der Waals surface area contributed by atoms with E-state index < -0.39 is 30.1 Å². The number of tetrazole rings is 2. The number of sulfonamides is 2. The maximum absolute atomic E-state index is 13.0. The lowest BCUT2D eigenvalue weighted by molar-refractivity contribution is 0.591. The highest BCUT2D eigenvalue weighted by Crippen LogP contribution is 2.38. The summed E-state index contributed by atoms with van der Waals surface area (Å²) in [5, 5.41) is 51.9. The van der Waals surface area contributed by atoms with E-state index in [9.17, 15) is 16.8 Å². The molecule has 0 atom stereocenters. The van der Waals surface area contributed by atoms with Gasteiger partial charge in [-0.3, -0.25) is 10.2 Å². The second-order valence-electron chi connectivity index (χ2n) is 10.3. The molecule has 20 nitrogen and oxygen atoms in total. The minimum atomic E-state index is -4.53. The molecule has 0 aliphatic rings. The van der Waals surface area contributed by atoms with E-state index in [0.29, 0.717) is 22.2 Å². The van der Waals surface area contributed by atoms with Crippen LogP contribution >= 0.6 is 0 Å². The van der Waals surface area contributed by atoms with Gasteiger partial charge < -0.3 is 0 Å². The number of pyridine rings is 2. The van der Waals surface area contributed by atoms with Crippen LogP contribution in [0.2, 0.25) is 0 Å². The quantitative estimate of drug-likeness (QED) is 0.154. The smallest absolute Gasteiger partial charge is 0.256 e. The Morgan fingerprint density at radius 2 is 1.44 bits per heavy atom. The van der Waals surface area contributed by atoms with Crippen molar-refractivity contribution in [3.05, 3.63) is 67.1 Å². The molecule has 6 aromatic heterocycles. The van der Waals surface area contributed by atoms with Crippen molar-refractivity contribution in [1.82, 2.24) is 71.2 Å². The Kier molecular flexibility index (Phi) is 6.42. The summed E-state index contributed by atoms with van der Waals surface area (Å²) in [5.41, 5.74) is 3.04. The number of aromatic nitrogens is 14. The van der Waals surface area contributed by atoms with Gasteiger partial charge in [0.15, 0.2) is 15.9 Å². The summed E-state index contributed by atoms with van der Waals surface area (Å²) in [4.78, 5) is 9.21. The Morgan fingerprint density at radius 1 is 0.708 bits per heavy atom. The molecule has 6 heterocycles. The number of hydrogen-bond donors (Lipinski definition) is 5. The molecular formula is C26H18N16O4S2. The van der Waals surface area contributed by atoms with E-state index in [1.807, 2.05) is 0 Å². The van der Waals surface area contributed by atoms with Crippen LogP contribution in [0.5, 0.6) is 0 Å². The van der Waals surface area contributed by atoms with Crippen molar-refractivity contribution in [1.29, 1.82) is 0 Å². The van der Waals surface area contributed by atoms with E-state index in [2.05, 4.69) is 66.4 Å². The average Bonchev–Trinajstić information content (AvgIpc) is 3.89. The Bertz CT molecular complexity index is 2750. The number of H-pyrrole nitrogens is 3. The van der Waals surface area contributed by atoms with E-state index in [1.165, 1.54) is 12.3 Å². The molecule has 0 unspecified atom stereocenters. The molecule has 7 N–H and O–H groups in total. The van der Waals surface area contributed by atoms with Gasteiger partial charge in [-0.1, -0.05) is 18.2 Å². The predicted octanol–water partition coefficient (Wildman–Crippen LogP) is 0.681. The van der Waals surface area contributed by atoms with Gasteiger partial charge in [0.05, 0.1) is 34.6 Å². The summed E-state index contributed by atoms with van der Waals surface area (Å²) in [6, 6.07) is 13.6. The first-order valence-electron chi connectivity index (χ1n) is 13.6. The first-order chi connectivity index (χ1) is 23.0. The molecule has 0 spiro atoms. The second kappa shape index (κ2) is 10.6. The van der Waals surface area contributed by atoms with Gasteiger partial charge in [0.25, 0.3) is 20.0 Å². The third-order valence-electron chi connectivity index (χ3n) is 7.34. The van der Waals surface area contributed by atoms with Crippen molar-refractivity contribution in [2.75, 3.05) is 0 Å². The number of fused-ring (bicyclic) bond motifs is 2. The summed E-state index contributed by atoms with van der Waals surface area (Å²) >= 11 is 0. The standard InChI is InChI=1S/C26H18N16O4S2/c27-47(43,44)25-21(16(5-6-29-25)13-1-2-14-10-30-34-19(14)8-13)24-37-41-42(38-24)20-9-17(12-3-4-18-15(7-12)11-31-33-18)22(23-35-39-40-36-23)26(32-20)48(28,45)46/h1-11H,(H,30,34)(H,31,33)(H2,27,43,44)(H2,28,45,46)(H,35,36,39,40). The zero-order chi connectivity index (χ0) is 33.2.